The van der Waals surface area contributed by atoms with Crippen LogP contribution in [0.4, 0.5) is 0 Å². The monoisotopic (exact) mass is 292 g/mol. The van der Waals surface area contributed by atoms with Crippen molar-refractivity contribution in [2.45, 2.75) is 39.3 Å². The van der Waals surface area contributed by atoms with Gasteiger partial charge in [-0.15, -0.1) is 0 Å². The highest BCUT2D eigenvalue weighted by Gasteiger charge is 2.17. The summed E-state index contributed by atoms with van der Waals surface area (Å²) in [5.41, 5.74) is 1.24. The summed E-state index contributed by atoms with van der Waals surface area (Å²) >= 11 is 0. The molecule has 0 aliphatic carbocycles. The second-order valence-electron chi connectivity index (χ2n) is 5.51. The lowest BCUT2D eigenvalue weighted by atomic mass is 10.0. The maximum absolute atomic E-state index is 5.55. The van der Waals surface area contributed by atoms with Gasteiger partial charge in [0.15, 0.2) is 11.5 Å². The third-order valence-electron chi connectivity index (χ3n) is 4.16. The Hall–Kier alpha value is -1.26. The van der Waals surface area contributed by atoms with Crippen molar-refractivity contribution in [3.63, 3.8) is 0 Å². The Morgan fingerprint density at radius 3 is 2.57 bits per heavy atom. The molecule has 0 saturated carbocycles. The molecule has 21 heavy (non-hydrogen) atoms. The lowest BCUT2D eigenvalue weighted by molar-refractivity contribution is 0.206. The number of nitrogens with zero attached hydrogens (tertiary/aromatic N) is 1. The molecule has 0 bridgehead atoms. The third kappa shape index (κ3) is 4.61. The molecule has 0 unspecified atom stereocenters. The molecule has 1 saturated heterocycles. The topological polar surface area (TPSA) is 33.7 Å². The van der Waals surface area contributed by atoms with Crippen molar-refractivity contribution in [3.8, 4) is 11.5 Å². The van der Waals surface area contributed by atoms with E-state index in [1.807, 2.05) is 13.0 Å². The van der Waals surface area contributed by atoms with E-state index < -0.39 is 0 Å². The molecule has 4 heteroatoms. The average molecular weight is 292 g/mol. The largest absolute Gasteiger partial charge is 0.493 e. The SMILES string of the molecule is CCOc1ccc(CNC2CCN(CC)CC2)cc1OC. The first kappa shape index (κ1) is 16.1. The van der Waals surface area contributed by atoms with Crippen LogP contribution in [0.5, 0.6) is 11.5 Å². The van der Waals surface area contributed by atoms with Crippen molar-refractivity contribution in [1.29, 1.82) is 0 Å². The van der Waals surface area contributed by atoms with E-state index in [4.69, 9.17) is 9.47 Å². The van der Waals surface area contributed by atoms with Gasteiger partial charge in [-0.25, -0.2) is 0 Å². The van der Waals surface area contributed by atoms with Gasteiger partial charge in [-0.05, 0) is 57.1 Å². The molecule has 1 aliphatic heterocycles. The fourth-order valence-corrected chi connectivity index (χ4v) is 2.81. The van der Waals surface area contributed by atoms with Crippen LogP contribution in [0.15, 0.2) is 18.2 Å². The molecule has 2 rings (SSSR count). The number of piperidine rings is 1. The van der Waals surface area contributed by atoms with Crippen molar-refractivity contribution >= 4 is 0 Å². The Balaban J connectivity index is 1.86. The molecule has 0 radical (unpaired) electrons. The van der Waals surface area contributed by atoms with Gasteiger partial charge in [0.1, 0.15) is 0 Å². The zero-order valence-corrected chi connectivity index (χ0v) is 13.5. The second kappa shape index (κ2) is 8.25. The minimum absolute atomic E-state index is 0.630. The molecular formula is C17H28N2O2. The van der Waals surface area contributed by atoms with Crippen LogP contribution in [0, 0.1) is 0 Å². The number of ether oxygens (including phenoxy) is 2. The predicted molar refractivity (Wildman–Crippen MR) is 86.1 cm³/mol. The van der Waals surface area contributed by atoms with Crippen LogP contribution in [-0.4, -0.2) is 44.3 Å². The van der Waals surface area contributed by atoms with E-state index in [2.05, 4.69) is 29.3 Å². The number of benzene rings is 1. The highest BCUT2D eigenvalue weighted by molar-refractivity contribution is 5.42. The average Bonchev–Trinajstić information content (AvgIpc) is 2.54. The highest BCUT2D eigenvalue weighted by atomic mass is 16.5. The molecular weight excluding hydrogens is 264 g/mol. The number of methoxy groups -OCH3 is 1. The second-order valence-corrected chi connectivity index (χ2v) is 5.51. The molecule has 0 atom stereocenters. The van der Waals surface area contributed by atoms with Gasteiger partial charge in [0, 0.05) is 12.6 Å². The van der Waals surface area contributed by atoms with Gasteiger partial charge >= 0.3 is 0 Å². The van der Waals surface area contributed by atoms with Gasteiger partial charge in [-0.3, -0.25) is 0 Å². The van der Waals surface area contributed by atoms with Crippen molar-refractivity contribution < 1.29 is 9.47 Å². The Labute approximate surface area is 128 Å². The van der Waals surface area contributed by atoms with Crippen molar-refractivity contribution in [2.75, 3.05) is 33.4 Å². The highest BCUT2D eigenvalue weighted by Crippen LogP contribution is 2.28. The van der Waals surface area contributed by atoms with Crippen molar-refractivity contribution in [2.24, 2.45) is 0 Å². The molecule has 0 spiro atoms. The Kier molecular flexibility index (Phi) is 6.33. The molecule has 1 N–H and O–H groups in total. The van der Waals surface area contributed by atoms with Gasteiger partial charge < -0.3 is 19.7 Å². The first-order valence-electron chi connectivity index (χ1n) is 8.02. The van der Waals surface area contributed by atoms with Gasteiger partial charge in [-0.2, -0.15) is 0 Å². The van der Waals surface area contributed by atoms with Crippen molar-refractivity contribution in [3.05, 3.63) is 23.8 Å². The molecule has 118 valence electrons. The van der Waals surface area contributed by atoms with Crippen LogP contribution in [0.1, 0.15) is 32.3 Å². The predicted octanol–water partition coefficient (Wildman–Crippen LogP) is 2.67. The van der Waals surface area contributed by atoms with Crippen LogP contribution in [0.25, 0.3) is 0 Å². The number of hydrogen-bond acceptors (Lipinski definition) is 4. The standard InChI is InChI=1S/C17H28N2O2/c1-4-19-10-8-15(9-11-19)18-13-14-6-7-16(21-5-2)17(12-14)20-3/h6-7,12,15,18H,4-5,8-11,13H2,1-3H3. The number of rotatable bonds is 7. The first-order valence-corrected chi connectivity index (χ1v) is 8.02. The fourth-order valence-electron chi connectivity index (χ4n) is 2.81. The van der Waals surface area contributed by atoms with Crippen LogP contribution in [0.3, 0.4) is 0 Å². The summed E-state index contributed by atoms with van der Waals surface area (Å²) in [5, 5.41) is 3.66. The van der Waals surface area contributed by atoms with Crippen LogP contribution in [-0.2, 0) is 6.54 Å². The van der Waals surface area contributed by atoms with Crippen LogP contribution < -0.4 is 14.8 Å². The minimum atomic E-state index is 0.630. The Morgan fingerprint density at radius 2 is 1.95 bits per heavy atom. The summed E-state index contributed by atoms with van der Waals surface area (Å²) < 4.78 is 11.0. The van der Waals surface area contributed by atoms with Crippen molar-refractivity contribution in [1.82, 2.24) is 10.2 Å². The Bertz CT molecular complexity index is 429. The van der Waals surface area contributed by atoms with E-state index in [-0.39, 0.29) is 0 Å². The minimum Gasteiger partial charge on any atom is -0.493 e. The summed E-state index contributed by atoms with van der Waals surface area (Å²) in [6.07, 6.45) is 2.48. The molecule has 1 aromatic rings. The quantitative estimate of drug-likeness (QED) is 0.838. The van der Waals surface area contributed by atoms with E-state index in [1.54, 1.807) is 7.11 Å². The zero-order valence-electron chi connectivity index (χ0n) is 13.5. The van der Waals surface area contributed by atoms with Crippen LogP contribution in [0.2, 0.25) is 0 Å². The molecule has 1 heterocycles. The maximum Gasteiger partial charge on any atom is 0.161 e. The number of hydrogen-bond donors (Lipinski definition) is 1. The van der Waals surface area contributed by atoms with E-state index in [0.717, 1.165) is 18.0 Å². The molecule has 1 aromatic carbocycles. The summed E-state index contributed by atoms with van der Waals surface area (Å²) in [5.74, 6) is 1.64. The first-order chi connectivity index (χ1) is 10.3. The van der Waals surface area contributed by atoms with E-state index in [0.29, 0.717) is 12.6 Å². The van der Waals surface area contributed by atoms with E-state index in [9.17, 15) is 0 Å². The van der Waals surface area contributed by atoms with Gasteiger partial charge in [0.25, 0.3) is 0 Å². The normalized spacial score (nSPS) is 16.9. The molecule has 1 fully saturated rings. The van der Waals surface area contributed by atoms with E-state index >= 15 is 0 Å². The van der Waals surface area contributed by atoms with Crippen LogP contribution >= 0.6 is 0 Å². The van der Waals surface area contributed by atoms with Gasteiger partial charge in [0.05, 0.1) is 13.7 Å². The molecule has 0 aromatic heterocycles. The molecule has 0 amide bonds. The molecule has 4 nitrogen and oxygen atoms in total. The smallest absolute Gasteiger partial charge is 0.161 e. The summed E-state index contributed by atoms with van der Waals surface area (Å²) in [7, 11) is 1.69. The molecule has 1 aliphatic rings. The lowest BCUT2D eigenvalue weighted by Gasteiger charge is -2.31. The zero-order chi connectivity index (χ0) is 15.1. The van der Waals surface area contributed by atoms with E-state index in [1.165, 1.54) is 38.0 Å². The lowest BCUT2D eigenvalue weighted by Crippen LogP contribution is -2.42. The fraction of sp³-hybridized carbons (Fsp3) is 0.647. The summed E-state index contributed by atoms with van der Waals surface area (Å²) in [6, 6.07) is 6.81. The third-order valence-corrected chi connectivity index (χ3v) is 4.16. The van der Waals surface area contributed by atoms with Gasteiger partial charge in [-0.1, -0.05) is 13.0 Å². The maximum atomic E-state index is 5.55. The number of nitrogens with one attached hydrogen (secondary N) is 1. The summed E-state index contributed by atoms with van der Waals surface area (Å²) in [4.78, 5) is 2.51. The Morgan fingerprint density at radius 1 is 1.19 bits per heavy atom. The summed E-state index contributed by atoms with van der Waals surface area (Å²) in [6.45, 7) is 9.35. The number of likely N-dealkylation sites (tertiary alicyclic amines) is 1. The van der Waals surface area contributed by atoms with Gasteiger partial charge in [0.2, 0.25) is 0 Å².